The van der Waals surface area contributed by atoms with E-state index < -0.39 is 0 Å². The average Bonchev–Trinajstić information content (AvgIpc) is 1.83. The lowest BCUT2D eigenvalue weighted by Gasteiger charge is -1.89. The van der Waals surface area contributed by atoms with E-state index in [1.54, 1.807) is 12.2 Å². The van der Waals surface area contributed by atoms with Crippen molar-refractivity contribution in [3.05, 3.63) is 23.0 Å². The minimum absolute atomic E-state index is 0.256. The monoisotopic (exact) mass is 146 g/mol. The van der Waals surface area contributed by atoms with Gasteiger partial charge in [0.1, 0.15) is 0 Å². The Bertz CT molecular complexity index is 134. The van der Waals surface area contributed by atoms with E-state index in [1.165, 1.54) is 0 Å². The third kappa shape index (κ3) is 5.24. The van der Waals surface area contributed by atoms with Gasteiger partial charge in [-0.3, -0.25) is 0 Å². The quantitative estimate of drug-likeness (QED) is 0.456. The van der Waals surface area contributed by atoms with E-state index in [0.29, 0.717) is 0 Å². The molecule has 0 amide bonds. The van der Waals surface area contributed by atoms with Crippen molar-refractivity contribution in [2.75, 3.05) is 0 Å². The molecular formula is C6H11ClN2. The smallest absolute Gasteiger partial charge is 0.0992 e. The molecule has 0 fully saturated rings. The minimum atomic E-state index is 0.256. The number of allylic oxidation sites excluding steroid dienone is 3. The SMILES string of the molecule is CC/C(N)=C/C=C(\N)Cl. The fourth-order valence-electron chi connectivity index (χ4n) is 0.304. The standard InChI is InChI=1S/C6H11ClN2/c1-2-5(8)3-4-6(7)9/h3-4H,2,8-9H2,1H3/b5-3-,6-4-. The summed E-state index contributed by atoms with van der Waals surface area (Å²) >= 11 is 5.32. The third-order valence-electron chi connectivity index (χ3n) is 0.865. The second-order valence-corrected chi connectivity index (χ2v) is 2.08. The first-order valence-corrected chi connectivity index (χ1v) is 3.12. The van der Waals surface area contributed by atoms with Gasteiger partial charge in [-0.2, -0.15) is 0 Å². The van der Waals surface area contributed by atoms with Crippen molar-refractivity contribution in [3.8, 4) is 0 Å². The molecule has 0 radical (unpaired) electrons. The van der Waals surface area contributed by atoms with E-state index in [1.807, 2.05) is 6.92 Å². The summed E-state index contributed by atoms with van der Waals surface area (Å²) in [6.45, 7) is 1.96. The molecule has 4 N–H and O–H groups in total. The molecule has 0 aliphatic carbocycles. The molecule has 0 aromatic rings. The summed E-state index contributed by atoms with van der Waals surface area (Å²) < 4.78 is 0. The van der Waals surface area contributed by atoms with Crippen molar-refractivity contribution in [3.63, 3.8) is 0 Å². The third-order valence-corrected chi connectivity index (χ3v) is 0.991. The molecule has 0 unspecified atom stereocenters. The van der Waals surface area contributed by atoms with Crippen LogP contribution in [0.15, 0.2) is 23.0 Å². The van der Waals surface area contributed by atoms with Crippen molar-refractivity contribution in [2.45, 2.75) is 13.3 Å². The van der Waals surface area contributed by atoms with Gasteiger partial charge in [0.05, 0.1) is 5.16 Å². The molecule has 0 saturated heterocycles. The van der Waals surface area contributed by atoms with Gasteiger partial charge in [0, 0.05) is 5.70 Å². The second-order valence-electron chi connectivity index (χ2n) is 1.65. The van der Waals surface area contributed by atoms with Crippen LogP contribution in [0, 0.1) is 0 Å². The van der Waals surface area contributed by atoms with Gasteiger partial charge in [0.15, 0.2) is 0 Å². The Morgan fingerprint density at radius 3 is 2.33 bits per heavy atom. The van der Waals surface area contributed by atoms with Gasteiger partial charge in [-0.15, -0.1) is 0 Å². The Hall–Kier alpha value is -0.630. The maximum absolute atomic E-state index is 5.42. The van der Waals surface area contributed by atoms with E-state index in [0.717, 1.165) is 12.1 Å². The molecule has 0 saturated carbocycles. The molecule has 0 atom stereocenters. The van der Waals surface area contributed by atoms with Gasteiger partial charge >= 0.3 is 0 Å². The van der Waals surface area contributed by atoms with Crippen molar-refractivity contribution in [1.82, 2.24) is 0 Å². The average molecular weight is 147 g/mol. The van der Waals surface area contributed by atoms with Crippen LogP contribution in [0.3, 0.4) is 0 Å². The molecule has 0 spiro atoms. The molecule has 0 bridgehead atoms. The Morgan fingerprint density at radius 2 is 2.00 bits per heavy atom. The Labute approximate surface area is 60.2 Å². The summed E-state index contributed by atoms with van der Waals surface area (Å²) in [6.07, 6.45) is 4.09. The number of hydrogen-bond acceptors (Lipinski definition) is 2. The van der Waals surface area contributed by atoms with E-state index in [-0.39, 0.29) is 5.16 Å². The van der Waals surface area contributed by atoms with Gasteiger partial charge in [0.2, 0.25) is 0 Å². The lowest BCUT2D eigenvalue weighted by Crippen LogP contribution is -1.94. The predicted molar refractivity (Wildman–Crippen MR) is 40.7 cm³/mol. The molecule has 0 aliphatic heterocycles. The Morgan fingerprint density at radius 1 is 1.44 bits per heavy atom. The highest BCUT2D eigenvalue weighted by molar-refractivity contribution is 6.29. The lowest BCUT2D eigenvalue weighted by atomic mass is 10.3. The molecule has 0 rings (SSSR count). The summed E-state index contributed by atoms with van der Waals surface area (Å²) in [4.78, 5) is 0. The van der Waals surface area contributed by atoms with Crippen molar-refractivity contribution >= 4 is 11.6 Å². The van der Waals surface area contributed by atoms with Crippen molar-refractivity contribution in [1.29, 1.82) is 0 Å². The maximum Gasteiger partial charge on any atom is 0.0992 e. The summed E-state index contributed by atoms with van der Waals surface area (Å²) in [5, 5.41) is 0.256. The van der Waals surface area contributed by atoms with E-state index in [4.69, 9.17) is 23.1 Å². The zero-order valence-electron chi connectivity index (χ0n) is 5.39. The molecule has 3 heteroatoms. The summed E-state index contributed by atoms with van der Waals surface area (Å²) in [5.41, 5.74) is 11.3. The molecule has 0 aromatic heterocycles. The first-order valence-electron chi connectivity index (χ1n) is 2.74. The van der Waals surface area contributed by atoms with E-state index >= 15 is 0 Å². The number of hydrogen-bond donors (Lipinski definition) is 2. The highest BCUT2D eigenvalue weighted by Gasteiger charge is 1.80. The predicted octanol–water partition coefficient (Wildman–Crippen LogP) is 1.28. The van der Waals surface area contributed by atoms with Crippen LogP contribution >= 0.6 is 11.6 Å². The van der Waals surface area contributed by atoms with Crippen LogP contribution in [0.5, 0.6) is 0 Å². The molecule has 0 aromatic carbocycles. The highest BCUT2D eigenvalue weighted by Crippen LogP contribution is 1.94. The van der Waals surface area contributed by atoms with Crippen molar-refractivity contribution in [2.24, 2.45) is 11.5 Å². The van der Waals surface area contributed by atoms with Gasteiger partial charge in [-0.1, -0.05) is 18.5 Å². The number of nitrogens with two attached hydrogens (primary N) is 2. The first kappa shape index (κ1) is 8.37. The van der Waals surface area contributed by atoms with Crippen LogP contribution in [0.1, 0.15) is 13.3 Å². The van der Waals surface area contributed by atoms with Crippen LogP contribution in [0.25, 0.3) is 0 Å². The highest BCUT2D eigenvalue weighted by atomic mass is 35.5. The largest absolute Gasteiger partial charge is 0.402 e. The first-order chi connectivity index (χ1) is 4.16. The molecule has 0 heterocycles. The second kappa shape index (κ2) is 4.27. The zero-order valence-corrected chi connectivity index (χ0v) is 6.15. The van der Waals surface area contributed by atoms with Crippen LogP contribution in [-0.4, -0.2) is 0 Å². The Balaban J connectivity index is 3.83. The topological polar surface area (TPSA) is 52.0 Å². The van der Waals surface area contributed by atoms with Gasteiger partial charge < -0.3 is 11.5 Å². The van der Waals surface area contributed by atoms with Crippen LogP contribution in [0.4, 0.5) is 0 Å². The summed E-state index contributed by atoms with van der Waals surface area (Å²) in [7, 11) is 0. The molecule has 52 valence electrons. The van der Waals surface area contributed by atoms with E-state index in [2.05, 4.69) is 0 Å². The van der Waals surface area contributed by atoms with Gasteiger partial charge in [0.25, 0.3) is 0 Å². The van der Waals surface area contributed by atoms with Gasteiger partial charge in [-0.05, 0) is 18.6 Å². The maximum atomic E-state index is 5.42. The van der Waals surface area contributed by atoms with Crippen LogP contribution < -0.4 is 11.5 Å². The molecule has 9 heavy (non-hydrogen) atoms. The van der Waals surface area contributed by atoms with Crippen LogP contribution in [0.2, 0.25) is 0 Å². The zero-order chi connectivity index (χ0) is 7.28. The summed E-state index contributed by atoms with van der Waals surface area (Å²) in [6, 6.07) is 0. The normalized spacial score (nSPS) is 14.0. The fourth-order valence-corrected chi connectivity index (χ4v) is 0.367. The minimum Gasteiger partial charge on any atom is -0.402 e. The van der Waals surface area contributed by atoms with Crippen LogP contribution in [-0.2, 0) is 0 Å². The molecule has 2 nitrogen and oxygen atoms in total. The molecule has 0 aliphatic rings. The molecular weight excluding hydrogens is 136 g/mol. The van der Waals surface area contributed by atoms with E-state index in [9.17, 15) is 0 Å². The van der Waals surface area contributed by atoms with Crippen molar-refractivity contribution < 1.29 is 0 Å². The lowest BCUT2D eigenvalue weighted by molar-refractivity contribution is 1.07. The fraction of sp³-hybridized carbons (Fsp3) is 0.333. The summed E-state index contributed by atoms with van der Waals surface area (Å²) in [5.74, 6) is 0. The Kier molecular flexibility index (Phi) is 3.97. The number of rotatable bonds is 2. The number of halogens is 1. The van der Waals surface area contributed by atoms with Gasteiger partial charge in [-0.25, -0.2) is 0 Å².